The van der Waals surface area contributed by atoms with E-state index in [2.05, 4.69) is 5.10 Å². The summed E-state index contributed by atoms with van der Waals surface area (Å²) >= 11 is 8.56. The standard InChI is InChI=1S/C18H16N2O2S3/c1-12-6-3-4-9-15(12)20-18(23)25-17(19-20)24-11-13-7-5-8-14(10-13)16(21)22-2/h3-10H,11H2,1-2H3. The Morgan fingerprint density at radius 1 is 1.28 bits per heavy atom. The summed E-state index contributed by atoms with van der Waals surface area (Å²) in [6.45, 7) is 2.04. The molecule has 3 rings (SSSR count). The van der Waals surface area contributed by atoms with Crippen LogP contribution < -0.4 is 0 Å². The molecular weight excluding hydrogens is 372 g/mol. The maximum absolute atomic E-state index is 11.6. The topological polar surface area (TPSA) is 44.1 Å². The average Bonchev–Trinajstić information content (AvgIpc) is 3.00. The van der Waals surface area contributed by atoms with Gasteiger partial charge in [-0.25, -0.2) is 9.48 Å². The van der Waals surface area contributed by atoms with Crippen LogP contribution in [-0.2, 0) is 10.5 Å². The molecule has 1 aromatic heterocycles. The Labute approximate surface area is 159 Å². The monoisotopic (exact) mass is 388 g/mol. The highest BCUT2D eigenvalue weighted by Crippen LogP contribution is 2.28. The van der Waals surface area contributed by atoms with Crippen LogP contribution in [0, 0.1) is 10.9 Å². The summed E-state index contributed by atoms with van der Waals surface area (Å²) in [5, 5.41) is 4.63. The summed E-state index contributed by atoms with van der Waals surface area (Å²) in [4.78, 5) is 11.6. The van der Waals surface area contributed by atoms with E-state index in [1.807, 2.05) is 54.1 Å². The van der Waals surface area contributed by atoms with Crippen LogP contribution in [0.4, 0.5) is 0 Å². The second-order valence-electron chi connectivity index (χ2n) is 5.31. The molecule has 0 aliphatic carbocycles. The second-order valence-corrected chi connectivity index (χ2v) is 8.16. The highest BCUT2D eigenvalue weighted by molar-refractivity contribution is 8.00. The summed E-state index contributed by atoms with van der Waals surface area (Å²) in [7, 11) is 1.38. The second kappa shape index (κ2) is 7.95. The number of carbonyl (C=O) groups is 1. The molecule has 0 fully saturated rings. The number of esters is 1. The number of para-hydroxylation sites is 1. The minimum atomic E-state index is -0.327. The van der Waals surface area contributed by atoms with Crippen LogP contribution in [0.15, 0.2) is 52.9 Å². The van der Waals surface area contributed by atoms with Crippen LogP contribution in [0.1, 0.15) is 21.5 Å². The van der Waals surface area contributed by atoms with E-state index in [0.29, 0.717) is 11.3 Å². The predicted octanol–water partition coefficient (Wildman–Crippen LogP) is 5.05. The predicted molar refractivity (Wildman–Crippen MR) is 104 cm³/mol. The molecule has 3 aromatic rings. The van der Waals surface area contributed by atoms with E-state index in [1.54, 1.807) is 17.8 Å². The van der Waals surface area contributed by atoms with Crippen LogP contribution in [0.2, 0.25) is 0 Å². The molecule has 0 radical (unpaired) electrons. The van der Waals surface area contributed by atoms with Crippen molar-refractivity contribution in [3.05, 3.63) is 69.2 Å². The van der Waals surface area contributed by atoms with Crippen molar-refractivity contribution >= 4 is 41.3 Å². The van der Waals surface area contributed by atoms with Gasteiger partial charge in [0.2, 0.25) is 0 Å². The highest BCUT2D eigenvalue weighted by atomic mass is 32.2. The fraction of sp³-hybridized carbons (Fsp3) is 0.167. The highest BCUT2D eigenvalue weighted by Gasteiger charge is 2.10. The Hall–Kier alpha value is -1.96. The number of hydrogen-bond donors (Lipinski definition) is 0. The molecule has 4 nitrogen and oxygen atoms in total. The van der Waals surface area contributed by atoms with Crippen LogP contribution >= 0.6 is 35.3 Å². The first-order chi connectivity index (χ1) is 12.1. The molecule has 0 aliphatic rings. The van der Waals surface area contributed by atoms with Gasteiger partial charge in [0, 0.05) is 5.75 Å². The first kappa shape index (κ1) is 17.8. The lowest BCUT2D eigenvalue weighted by molar-refractivity contribution is 0.0600. The molecule has 0 aliphatic heterocycles. The number of benzene rings is 2. The summed E-state index contributed by atoms with van der Waals surface area (Å²) < 4.78 is 8.19. The quantitative estimate of drug-likeness (QED) is 0.348. The summed E-state index contributed by atoms with van der Waals surface area (Å²) in [6.07, 6.45) is 0. The van der Waals surface area contributed by atoms with Gasteiger partial charge in [-0.05, 0) is 48.5 Å². The average molecular weight is 389 g/mol. The van der Waals surface area contributed by atoms with Gasteiger partial charge >= 0.3 is 5.97 Å². The zero-order valence-electron chi connectivity index (χ0n) is 13.8. The van der Waals surface area contributed by atoms with Crippen molar-refractivity contribution < 1.29 is 9.53 Å². The minimum absolute atomic E-state index is 0.327. The van der Waals surface area contributed by atoms with Crippen molar-refractivity contribution in [2.75, 3.05) is 7.11 Å². The zero-order chi connectivity index (χ0) is 17.8. The zero-order valence-corrected chi connectivity index (χ0v) is 16.2. The normalized spacial score (nSPS) is 10.6. The summed E-state index contributed by atoms with van der Waals surface area (Å²) in [6, 6.07) is 15.5. The van der Waals surface area contributed by atoms with Gasteiger partial charge in [0.25, 0.3) is 0 Å². The van der Waals surface area contributed by atoms with Gasteiger partial charge in [-0.3, -0.25) is 0 Å². The smallest absolute Gasteiger partial charge is 0.337 e. The summed E-state index contributed by atoms with van der Waals surface area (Å²) in [5.74, 6) is 0.382. The van der Waals surface area contributed by atoms with Gasteiger partial charge < -0.3 is 4.74 Å². The van der Waals surface area contributed by atoms with Crippen molar-refractivity contribution in [1.29, 1.82) is 0 Å². The number of methoxy groups -OCH3 is 1. The Morgan fingerprint density at radius 2 is 2.08 bits per heavy atom. The molecular formula is C18H16N2O2S3. The number of rotatable bonds is 5. The van der Waals surface area contributed by atoms with Gasteiger partial charge in [-0.1, -0.05) is 53.4 Å². The van der Waals surface area contributed by atoms with Gasteiger partial charge in [0.15, 0.2) is 8.29 Å². The van der Waals surface area contributed by atoms with Gasteiger partial charge in [0.05, 0.1) is 18.4 Å². The largest absolute Gasteiger partial charge is 0.465 e. The number of aromatic nitrogens is 2. The lowest BCUT2D eigenvalue weighted by atomic mass is 10.1. The van der Waals surface area contributed by atoms with Crippen molar-refractivity contribution in [3.63, 3.8) is 0 Å². The Morgan fingerprint density at radius 3 is 2.84 bits per heavy atom. The van der Waals surface area contributed by atoms with Crippen molar-refractivity contribution in [3.8, 4) is 5.69 Å². The molecule has 1 heterocycles. The van der Waals surface area contributed by atoms with E-state index in [9.17, 15) is 4.79 Å². The summed E-state index contributed by atoms with van der Waals surface area (Å²) in [5.41, 5.74) is 3.73. The van der Waals surface area contributed by atoms with Crippen LogP contribution in [0.3, 0.4) is 0 Å². The third kappa shape index (κ3) is 4.18. The third-order valence-corrected chi connectivity index (χ3v) is 6.02. The Bertz CT molecular complexity index is 963. The molecule has 0 saturated heterocycles. The number of carbonyl (C=O) groups excluding carboxylic acids is 1. The van der Waals surface area contributed by atoms with Crippen LogP contribution in [0.5, 0.6) is 0 Å². The van der Waals surface area contributed by atoms with E-state index in [-0.39, 0.29) is 5.97 Å². The first-order valence-corrected chi connectivity index (χ1v) is 9.76. The van der Waals surface area contributed by atoms with Crippen molar-refractivity contribution in [2.24, 2.45) is 0 Å². The molecule has 0 N–H and O–H groups in total. The number of ether oxygens (including phenoxy) is 1. The fourth-order valence-corrected chi connectivity index (χ4v) is 4.61. The van der Waals surface area contributed by atoms with Gasteiger partial charge in [-0.2, -0.15) is 0 Å². The lowest BCUT2D eigenvalue weighted by Gasteiger charge is -2.04. The molecule has 2 aromatic carbocycles. The lowest BCUT2D eigenvalue weighted by Crippen LogP contribution is -2.01. The number of hydrogen-bond acceptors (Lipinski definition) is 6. The maximum atomic E-state index is 11.6. The molecule has 128 valence electrons. The number of thioether (sulfide) groups is 1. The van der Waals surface area contributed by atoms with E-state index in [1.165, 1.54) is 18.4 Å². The van der Waals surface area contributed by atoms with Crippen molar-refractivity contribution in [2.45, 2.75) is 17.0 Å². The van der Waals surface area contributed by atoms with E-state index in [0.717, 1.165) is 25.1 Å². The minimum Gasteiger partial charge on any atom is -0.465 e. The maximum Gasteiger partial charge on any atom is 0.337 e. The van der Waals surface area contributed by atoms with Gasteiger partial charge in [-0.15, -0.1) is 5.10 Å². The van der Waals surface area contributed by atoms with Crippen LogP contribution in [0.25, 0.3) is 5.69 Å². The van der Waals surface area contributed by atoms with Gasteiger partial charge in [0.1, 0.15) is 0 Å². The molecule has 0 spiro atoms. The molecule has 0 unspecified atom stereocenters. The SMILES string of the molecule is COC(=O)c1cccc(CSc2nn(-c3ccccc3C)c(=S)s2)c1. The van der Waals surface area contributed by atoms with E-state index in [4.69, 9.17) is 17.0 Å². The van der Waals surface area contributed by atoms with Crippen molar-refractivity contribution in [1.82, 2.24) is 9.78 Å². The van der Waals surface area contributed by atoms with E-state index < -0.39 is 0 Å². The van der Waals surface area contributed by atoms with Crippen LogP contribution in [-0.4, -0.2) is 22.9 Å². The third-order valence-electron chi connectivity index (χ3n) is 3.58. The van der Waals surface area contributed by atoms with E-state index >= 15 is 0 Å². The molecule has 25 heavy (non-hydrogen) atoms. The molecule has 0 bridgehead atoms. The Balaban J connectivity index is 1.77. The molecule has 7 heteroatoms. The number of nitrogens with zero attached hydrogens (tertiary/aromatic N) is 2. The Kier molecular flexibility index (Phi) is 5.67. The molecule has 0 atom stereocenters. The number of aryl methyl sites for hydroxylation is 1. The molecule has 0 saturated carbocycles. The fourth-order valence-electron chi connectivity index (χ4n) is 2.32. The molecule has 0 amide bonds. The first-order valence-electron chi connectivity index (χ1n) is 7.54.